The van der Waals surface area contributed by atoms with Gasteiger partial charge in [0, 0.05) is 17.5 Å². The first kappa shape index (κ1) is 14.4. The number of alkyl halides is 2. The van der Waals surface area contributed by atoms with Crippen molar-refractivity contribution in [2.75, 3.05) is 5.32 Å². The number of aryl methyl sites for hydroxylation is 1. The molecule has 0 fully saturated rings. The molecule has 0 spiro atoms. The molecule has 0 aliphatic carbocycles. The van der Waals surface area contributed by atoms with Crippen LogP contribution in [0, 0.1) is 6.92 Å². The molecular weight excluding hydrogens is 284 g/mol. The van der Waals surface area contributed by atoms with Gasteiger partial charge in [0.15, 0.2) is 0 Å². The number of hydrogen-bond donors (Lipinski definition) is 1. The van der Waals surface area contributed by atoms with E-state index in [-0.39, 0.29) is 5.56 Å². The second-order valence-electron chi connectivity index (χ2n) is 5.09. The van der Waals surface area contributed by atoms with E-state index in [0.717, 1.165) is 27.8 Å². The second kappa shape index (κ2) is 6.05. The fourth-order valence-electron chi connectivity index (χ4n) is 2.34. The maximum Gasteiger partial charge on any atom is 0.263 e. The van der Waals surface area contributed by atoms with Crippen molar-refractivity contribution < 1.29 is 8.78 Å². The van der Waals surface area contributed by atoms with Crippen LogP contribution in [0.15, 0.2) is 48.8 Å². The number of rotatable bonds is 4. The monoisotopic (exact) mass is 299 g/mol. The molecular formula is C17H15F2N3. The van der Waals surface area contributed by atoms with Gasteiger partial charge in [-0.2, -0.15) is 0 Å². The zero-order valence-electron chi connectivity index (χ0n) is 12.1. The summed E-state index contributed by atoms with van der Waals surface area (Å²) >= 11 is 0. The summed E-state index contributed by atoms with van der Waals surface area (Å²) in [5, 5.41) is 4.19. The molecule has 1 heterocycles. The Morgan fingerprint density at radius 2 is 1.82 bits per heavy atom. The molecule has 2 aromatic carbocycles. The third-order valence-corrected chi connectivity index (χ3v) is 3.56. The van der Waals surface area contributed by atoms with E-state index in [1.54, 1.807) is 12.1 Å². The first-order chi connectivity index (χ1) is 10.6. The Kier molecular flexibility index (Phi) is 3.96. The Morgan fingerprint density at radius 3 is 2.55 bits per heavy atom. The van der Waals surface area contributed by atoms with Gasteiger partial charge in [0.05, 0.1) is 5.52 Å². The molecule has 1 N–H and O–H groups in total. The lowest BCUT2D eigenvalue weighted by molar-refractivity contribution is 0.151. The Balaban J connectivity index is 1.81. The lowest BCUT2D eigenvalue weighted by Crippen LogP contribution is -2.03. The molecule has 0 aliphatic heterocycles. The van der Waals surface area contributed by atoms with E-state index >= 15 is 0 Å². The van der Waals surface area contributed by atoms with E-state index in [2.05, 4.69) is 15.3 Å². The SMILES string of the molecule is Cc1cccc2c(NCc3ccc(C(F)F)cc3)ncnc12. The van der Waals surface area contributed by atoms with E-state index < -0.39 is 6.43 Å². The van der Waals surface area contributed by atoms with Crippen LogP contribution >= 0.6 is 0 Å². The molecule has 0 atom stereocenters. The van der Waals surface area contributed by atoms with Gasteiger partial charge in [0.2, 0.25) is 0 Å². The Morgan fingerprint density at radius 1 is 1.05 bits per heavy atom. The molecule has 0 saturated heterocycles. The average Bonchev–Trinajstić information content (AvgIpc) is 2.54. The van der Waals surface area contributed by atoms with Crippen LogP contribution in [0.1, 0.15) is 23.1 Å². The summed E-state index contributed by atoms with van der Waals surface area (Å²) in [7, 11) is 0. The molecule has 0 amide bonds. The zero-order chi connectivity index (χ0) is 15.5. The van der Waals surface area contributed by atoms with Crippen molar-refractivity contribution in [1.29, 1.82) is 0 Å². The summed E-state index contributed by atoms with van der Waals surface area (Å²) in [6.45, 7) is 2.52. The molecule has 0 bridgehead atoms. The highest BCUT2D eigenvalue weighted by atomic mass is 19.3. The highest BCUT2D eigenvalue weighted by Crippen LogP contribution is 2.23. The van der Waals surface area contributed by atoms with Gasteiger partial charge in [0.1, 0.15) is 12.1 Å². The van der Waals surface area contributed by atoms with E-state index in [1.165, 1.54) is 18.5 Å². The van der Waals surface area contributed by atoms with Crippen molar-refractivity contribution in [3.8, 4) is 0 Å². The summed E-state index contributed by atoms with van der Waals surface area (Å²) in [5.74, 6) is 0.742. The van der Waals surface area contributed by atoms with Gasteiger partial charge in [0.25, 0.3) is 6.43 Å². The van der Waals surface area contributed by atoms with Crippen LogP contribution in [0.25, 0.3) is 10.9 Å². The molecule has 112 valence electrons. The lowest BCUT2D eigenvalue weighted by Gasteiger charge is -2.10. The smallest absolute Gasteiger partial charge is 0.263 e. The number of nitrogens with zero attached hydrogens (tertiary/aromatic N) is 2. The summed E-state index contributed by atoms with van der Waals surface area (Å²) in [4.78, 5) is 8.56. The summed E-state index contributed by atoms with van der Waals surface area (Å²) in [6, 6.07) is 12.2. The Bertz CT molecular complexity index is 786. The number of anilines is 1. The summed E-state index contributed by atoms with van der Waals surface area (Å²) < 4.78 is 25.1. The summed E-state index contributed by atoms with van der Waals surface area (Å²) in [6.07, 6.45) is -0.909. The molecule has 3 aromatic rings. The number of nitrogens with one attached hydrogen (secondary N) is 1. The van der Waals surface area contributed by atoms with Crippen molar-refractivity contribution in [3.63, 3.8) is 0 Å². The fourth-order valence-corrected chi connectivity index (χ4v) is 2.34. The van der Waals surface area contributed by atoms with Gasteiger partial charge in [-0.1, -0.05) is 36.4 Å². The molecule has 1 aromatic heterocycles. The Hall–Kier alpha value is -2.56. The maximum absolute atomic E-state index is 12.5. The van der Waals surface area contributed by atoms with Gasteiger partial charge in [-0.3, -0.25) is 0 Å². The van der Waals surface area contributed by atoms with Gasteiger partial charge in [-0.15, -0.1) is 0 Å². The topological polar surface area (TPSA) is 37.8 Å². The molecule has 0 saturated carbocycles. The minimum atomic E-state index is -2.43. The van der Waals surface area contributed by atoms with Gasteiger partial charge < -0.3 is 5.32 Å². The van der Waals surface area contributed by atoms with E-state index in [1.807, 2.05) is 25.1 Å². The van der Waals surface area contributed by atoms with Gasteiger partial charge >= 0.3 is 0 Å². The van der Waals surface area contributed by atoms with Crippen molar-refractivity contribution in [3.05, 3.63) is 65.5 Å². The van der Waals surface area contributed by atoms with Crippen molar-refractivity contribution >= 4 is 16.7 Å². The van der Waals surface area contributed by atoms with E-state index in [4.69, 9.17) is 0 Å². The minimum absolute atomic E-state index is 0.0341. The van der Waals surface area contributed by atoms with Crippen molar-refractivity contribution in [2.45, 2.75) is 19.9 Å². The van der Waals surface area contributed by atoms with Crippen LogP contribution < -0.4 is 5.32 Å². The molecule has 0 unspecified atom stereocenters. The quantitative estimate of drug-likeness (QED) is 0.771. The molecule has 22 heavy (non-hydrogen) atoms. The number of benzene rings is 2. The summed E-state index contributed by atoms with van der Waals surface area (Å²) in [5.41, 5.74) is 2.95. The van der Waals surface area contributed by atoms with Crippen LogP contribution in [-0.2, 0) is 6.54 Å². The Labute approximate surface area is 127 Å². The van der Waals surface area contributed by atoms with Crippen molar-refractivity contribution in [1.82, 2.24) is 9.97 Å². The molecule has 3 nitrogen and oxygen atoms in total. The zero-order valence-corrected chi connectivity index (χ0v) is 12.1. The third-order valence-electron chi connectivity index (χ3n) is 3.56. The highest BCUT2D eigenvalue weighted by Gasteiger charge is 2.07. The number of fused-ring (bicyclic) bond motifs is 1. The predicted molar refractivity (Wildman–Crippen MR) is 83.0 cm³/mol. The first-order valence-electron chi connectivity index (χ1n) is 6.96. The normalized spacial score (nSPS) is 11.1. The standard InChI is InChI=1S/C17H15F2N3/c1-11-3-2-4-14-15(11)21-10-22-17(14)20-9-12-5-7-13(8-6-12)16(18)19/h2-8,10,16H,9H2,1H3,(H,20,21,22). The van der Waals surface area contributed by atoms with E-state index in [9.17, 15) is 8.78 Å². The lowest BCUT2D eigenvalue weighted by atomic mass is 10.1. The van der Waals surface area contributed by atoms with Crippen LogP contribution in [0.4, 0.5) is 14.6 Å². The average molecular weight is 299 g/mol. The number of aromatic nitrogens is 2. The van der Waals surface area contributed by atoms with Gasteiger partial charge in [-0.05, 0) is 24.1 Å². The predicted octanol–water partition coefficient (Wildman–Crippen LogP) is 4.49. The van der Waals surface area contributed by atoms with Gasteiger partial charge in [-0.25, -0.2) is 18.7 Å². The largest absolute Gasteiger partial charge is 0.365 e. The first-order valence-corrected chi connectivity index (χ1v) is 6.96. The fraction of sp³-hybridized carbons (Fsp3) is 0.176. The number of halogens is 2. The molecule has 5 heteroatoms. The molecule has 0 radical (unpaired) electrons. The van der Waals surface area contributed by atoms with Crippen molar-refractivity contribution in [2.24, 2.45) is 0 Å². The van der Waals surface area contributed by atoms with Crippen LogP contribution in [0.2, 0.25) is 0 Å². The second-order valence-corrected chi connectivity index (χ2v) is 5.09. The molecule has 0 aliphatic rings. The number of hydrogen-bond acceptors (Lipinski definition) is 3. The number of para-hydroxylation sites is 1. The third kappa shape index (κ3) is 2.88. The van der Waals surface area contributed by atoms with Crippen LogP contribution in [0.3, 0.4) is 0 Å². The highest BCUT2D eigenvalue weighted by molar-refractivity contribution is 5.90. The molecule has 3 rings (SSSR count). The van der Waals surface area contributed by atoms with E-state index in [0.29, 0.717) is 6.54 Å². The maximum atomic E-state index is 12.5. The van der Waals surface area contributed by atoms with Crippen LogP contribution in [0.5, 0.6) is 0 Å². The minimum Gasteiger partial charge on any atom is -0.365 e. The van der Waals surface area contributed by atoms with Crippen LogP contribution in [-0.4, -0.2) is 9.97 Å².